The predicted octanol–water partition coefficient (Wildman–Crippen LogP) is 4.65. The van der Waals surface area contributed by atoms with Gasteiger partial charge in [-0.2, -0.15) is 0 Å². The molecule has 0 radical (unpaired) electrons. The molecule has 3 rings (SSSR count). The average molecular weight is 374 g/mol. The van der Waals surface area contributed by atoms with Crippen molar-refractivity contribution in [2.45, 2.75) is 33.2 Å². The Bertz CT molecular complexity index is 993. The van der Waals surface area contributed by atoms with E-state index in [0.717, 1.165) is 29.7 Å². The van der Waals surface area contributed by atoms with E-state index in [4.69, 9.17) is 0 Å². The SMILES string of the molecule is CCCCN(C(=O)c1ccc(=O)n(Cc2cccc(C)c2)c1)c1ccccc1. The van der Waals surface area contributed by atoms with E-state index in [-0.39, 0.29) is 11.5 Å². The van der Waals surface area contributed by atoms with Crippen molar-refractivity contribution >= 4 is 11.6 Å². The highest BCUT2D eigenvalue weighted by Gasteiger charge is 2.18. The number of nitrogens with zero attached hydrogens (tertiary/aromatic N) is 2. The monoisotopic (exact) mass is 374 g/mol. The molecule has 28 heavy (non-hydrogen) atoms. The molecular weight excluding hydrogens is 348 g/mol. The van der Waals surface area contributed by atoms with Crippen LogP contribution in [-0.4, -0.2) is 17.0 Å². The van der Waals surface area contributed by atoms with Gasteiger partial charge < -0.3 is 9.47 Å². The van der Waals surface area contributed by atoms with Gasteiger partial charge in [0.05, 0.1) is 12.1 Å². The Kier molecular flexibility index (Phi) is 6.43. The lowest BCUT2D eigenvalue weighted by Crippen LogP contribution is -2.33. The molecule has 3 aromatic rings. The van der Waals surface area contributed by atoms with E-state index >= 15 is 0 Å². The van der Waals surface area contributed by atoms with E-state index in [1.165, 1.54) is 6.07 Å². The zero-order valence-electron chi connectivity index (χ0n) is 16.5. The third-order valence-electron chi connectivity index (χ3n) is 4.71. The summed E-state index contributed by atoms with van der Waals surface area (Å²) in [4.78, 5) is 27.4. The molecule has 1 amide bonds. The highest BCUT2D eigenvalue weighted by atomic mass is 16.2. The van der Waals surface area contributed by atoms with Gasteiger partial charge in [0.1, 0.15) is 0 Å². The van der Waals surface area contributed by atoms with Crippen molar-refractivity contribution in [1.29, 1.82) is 0 Å². The first-order valence-electron chi connectivity index (χ1n) is 9.71. The molecule has 0 atom stereocenters. The first-order valence-corrected chi connectivity index (χ1v) is 9.71. The largest absolute Gasteiger partial charge is 0.310 e. The minimum Gasteiger partial charge on any atom is -0.310 e. The summed E-state index contributed by atoms with van der Waals surface area (Å²) in [6.07, 6.45) is 3.60. The van der Waals surface area contributed by atoms with Crippen molar-refractivity contribution in [2.75, 3.05) is 11.4 Å². The van der Waals surface area contributed by atoms with Crippen LogP contribution in [0.15, 0.2) is 77.7 Å². The molecule has 1 heterocycles. The lowest BCUT2D eigenvalue weighted by atomic mass is 10.1. The van der Waals surface area contributed by atoms with E-state index < -0.39 is 0 Å². The summed E-state index contributed by atoms with van der Waals surface area (Å²) in [5.41, 5.74) is 3.47. The van der Waals surface area contributed by atoms with Gasteiger partial charge in [-0.05, 0) is 37.1 Å². The van der Waals surface area contributed by atoms with Crippen LogP contribution in [0.25, 0.3) is 0 Å². The fourth-order valence-electron chi connectivity index (χ4n) is 3.22. The maximum absolute atomic E-state index is 13.2. The summed E-state index contributed by atoms with van der Waals surface area (Å²) < 4.78 is 1.60. The number of hydrogen-bond donors (Lipinski definition) is 0. The minimum atomic E-state index is -0.113. The molecule has 0 fully saturated rings. The zero-order valence-corrected chi connectivity index (χ0v) is 16.5. The van der Waals surface area contributed by atoms with Gasteiger partial charge in [-0.25, -0.2) is 0 Å². The predicted molar refractivity (Wildman–Crippen MR) is 114 cm³/mol. The Morgan fingerprint density at radius 3 is 2.50 bits per heavy atom. The van der Waals surface area contributed by atoms with Crippen LogP contribution in [0, 0.1) is 6.92 Å². The fraction of sp³-hybridized carbons (Fsp3) is 0.250. The van der Waals surface area contributed by atoms with Gasteiger partial charge in [0.2, 0.25) is 0 Å². The number of unbranched alkanes of at least 4 members (excludes halogenated alkanes) is 1. The number of rotatable bonds is 7. The second kappa shape index (κ2) is 9.18. The van der Waals surface area contributed by atoms with Gasteiger partial charge in [-0.3, -0.25) is 9.59 Å². The van der Waals surface area contributed by atoms with Crippen LogP contribution in [-0.2, 0) is 6.54 Å². The molecule has 1 aromatic heterocycles. The van der Waals surface area contributed by atoms with Crippen LogP contribution in [0.3, 0.4) is 0 Å². The maximum atomic E-state index is 13.2. The summed E-state index contributed by atoms with van der Waals surface area (Å²) in [5, 5.41) is 0. The normalized spacial score (nSPS) is 10.6. The van der Waals surface area contributed by atoms with Crippen LogP contribution < -0.4 is 10.5 Å². The number of aryl methyl sites for hydroxylation is 1. The average Bonchev–Trinajstić information content (AvgIpc) is 2.70. The molecule has 4 heteroatoms. The van der Waals surface area contributed by atoms with Crippen LogP contribution >= 0.6 is 0 Å². The third-order valence-corrected chi connectivity index (χ3v) is 4.71. The van der Waals surface area contributed by atoms with Crippen molar-refractivity contribution in [3.63, 3.8) is 0 Å². The number of amides is 1. The van der Waals surface area contributed by atoms with Gasteiger partial charge in [0, 0.05) is 24.5 Å². The Hall–Kier alpha value is -3.14. The fourth-order valence-corrected chi connectivity index (χ4v) is 3.22. The van der Waals surface area contributed by atoms with Gasteiger partial charge in [0.15, 0.2) is 0 Å². The van der Waals surface area contributed by atoms with Crippen molar-refractivity contribution < 1.29 is 4.79 Å². The molecule has 144 valence electrons. The third kappa shape index (κ3) is 4.77. The molecule has 2 aromatic carbocycles. The molecule has 0 unspecified atom stereocenters. The second-order valence-electron chi connectivity index (χ2n) is 7.02. The summed E-state index contributed by atoms with van der Waals surface area (Å²) in [5.74, 6) is -0.0855. The van der Waals surface area contributed by atoms with E-state index in [0.29, 0.717) is 18.7 Å². The smallest absolute Gasteiger partial charge is 0.259 e. The summed E-state index contributed by atoms with van der Waals surface area (Å²) in [6.45, 7) is 5.23. The molecule has 0 saturated heterocycles. The van der Waals surface area contributed by atoms with Crippen LogP contribution in [0.5, 0.6) is 0 Å². The molecule has 0 bridgehead atoms. The Morgan fingerprint density at radius 1 is 1.00 bits per heavy atom. The Morgan fingerprint density at radius 2 is 1.79 bits per heavy atom. The highest BCUT2D eigenvalue weighted by Crippen LogP contribution is 2.17. The summed E-state index contributed by atoms with van der Waals surface area (Å²) in [7, 11) is 0. The number of aromatic nitrogens is 1. The lowest BCUT2D eigenvalue weighted by Gasteiger charge is -2.23. The standard InChI is InChI=1S/C24H26N2O2/c1-3-4-15-26(22-11-6-5-7-12-22)24(28)21-13-14-23(27)25(18-21)17-20-10-8-9-19(2)16-20/h5-14,16,18H,3-4,15,17H2,1-2H3. The van der Waals surface area contributed by atoms with Gasteiger partial charge in [-0.15, -0.1) is 0 Å². The molecule has 4 nitrogen and oxygen atoms in total. The van der Waals surface area contributed by atoms with Crippen molar-refractivity contribution in [3.8, 4) is 0 Å². The molecule has 0 aliphatic carbocycles. The number of carbonyl (C=O) groups excluding carboxylic acids is 1. The van der Waals surface area contributed by atoms with Crippen molar-refractivity contribution in [3.05, 3.63) is 100.0 Å². The van der Waals surface area contributed by atoms with Crippen LogP contribution in [0.2, 0.25) is 0 Å². The van der Waals surface area contributed by atoms with Crippen molar-refractivity contribution in [2.24, 2.45) is 0 Å². The minimum absolute atomic E-state index is 0.0855. The van der Waals surface area contributed by atoms with E-state index in [1.807, 2.05) is 55.5 Å². The molecule has 0 aliphatic heterocycles. The number of carbonyl (C=O) groups is 1. The zero-order chi connectivity index (χ0) is 19.9. The highest BCUT2D eigenvalue weighted by molar-refractivity contribution is 6.05. The van der Waals surface area contributed by atoms with Crippen molar-refractivity contribution in [1.82, 2.24) is 4.57 Å². The Balaban J connectivity index is 1.91. The first-order chi connectivity index (χ1) is 13.6. The van der Waals surface area contributed by atoms with Gasteiger partial charge in [0.25, 0.3) is 11.5 Å². The van der Waals surface area contributed by atoms with E-state index in [1.54, 1.807) is 21.7 Å². The summed E-state index contributed by atoms with van der Waals surface area (Å²) >= 11 is 0. The molecule has 0 N–H and O–H groups in total. The number of pyridine rings is 1. The lowest BCUT2D eigenvalue weighted by molar-refractivity contribution is 0.0985. The summed E-state index contributed by atoms with van der Waals surface area (Å²) in [6, 6.07) is 20.8. The van der Waals surface area contributed by atoms with E-state index in [9.17, 15) is 9.59 Å². The van der Waals surface area contributed by atoms with Crippen LogP contribution in [0.4, 0.5) is 5.69 Å². The molecule has 0 saturated carbocycles. The molecule has 0 spiro atoms. The number of anilines is 1. The van der Waals surface area contributed by atoms with Gasteiger partial charge >= 0.3 is 0 Å². The van der Waals surface area contributed by atoms with E-state index in [2.05, 4.69) is 13.0 Å². The number of para-hydroxylation sites is 1. The maximum Gasteiger partial charge on any atom is 0.259 e. The molecule has 0 aliphatic rings. The Labute approximate surface area is 166 Å². The second-order valence-corrected chi connectivity index (χ2v) is 7.02. The topological polar surface area (TPSA) is 42.3 Å². The van der Waals surface area contributed by atoms with Crippen LogP contribution in [0.1, 0.15) is 41.3 Å². The quantitative estimate of drug-likeness (QED) is 0.604. The number of benzene rings is 2. The molecular formula is C24H26N2O2. The number of hydrogen-bond acceptors (Lipinski definition) is 2. The first kappa shape index (κ1) is 19.6. The van der Waals surface area contributed by atoms with Gasteiger partial charge in [-0.1, -0.05) is 61.4 Å².